The van der Waals surface area contributed by atoms with Gasteiger partial charge in [-0.3, -0.25) is 4.79 Å². The van der Waals surface area contributed by atoms with Crippen molar-refractivity contribution < 1.29 is 4.79 Å². The molecule has 1 N–H and O–H groups in total. The lowest BCUT2D eigenvalue weighted by Crippen LogP contribution is -2.45. The van der Waals surface area contributed by atoms with Crippen molar-refractivity contribution in [1.29, 1.82) is 0 Å². The largest absolute Gasteiger partial charge is 0.369 e. The second-order valence-corrected chi connectivity index (χ2v) is 6.76. The second kappa shape index (κ2) is 6.10. The summed E-state index contributed by atoms with van der Waals surface area (Å²) in [5, 5.41) is 3.42. The number of hydrogen-bond donors (Lipinski definition) is 1. The van der Waals surface area contributed by atoms with Crippen LogP contribution in [0.1, 0.15) is 38.7 Å². The molecule has 0 radical (unpaired) electrons. The number of likely N-dealkylation sites (N-methyl/N-ethyl adjacent to an activating group) is 1. The molecule has 1 saturated carbocycles. The molecule has 2 aliphatic rings. The number of hydrogen-bond acceptors (Lipinski definition) is 5. The van der Waals surface area contributed by atoms with Gasteiger partial charge in [0.25, 0.3) is 0 Å². The zero-order valence-electron chi connectivity index (χ0n) is 13.7. The Morgan fingerprint density at radius 1 is 1.32 bits per heavy atom. The van der Waals surface area contributed by atoms with E-state index in [1.54, 1.807) is 6.33 Å². The van der Waals surface area contributed by atoms with Gasteiger partial charge in [0.05, 0.1) is 18.7 Å². The standard InChI is InChI=1S/C16H25N5O/c1-11(2)7-17-15-13-8-21(12-5-4-6-12)14(22)9-20(3)16(13)19-10-18-15/h10-12H,4-9H2,1-3H3,(H,17,18,19). The Morgan fingerprint density at radius 2 is 2.09 bits per heavy atom. The van der Waals surface area contributed by atoms with Crippen LogP contribution in [0.3, 0.4) is 0 Å². The van der Waals surface area contributed by atoms with E-state index in [9.17, 15) is 4.79 Å². The van der Waals surface area contributed by atoms with E-state index in [1.165, 1.54) is 6.42 Å². The molecule has 6 nitrogen and oxygen atoms in total. The molecule has 1 aliphatic carbocycles. The van der Waals surface area contributed by atoms with E-state index in [0.717, 1.165) is 36.6 Å². The van der Waals surface area contributed by atoms with Crippen molar-refractivity contribution in [2.24, 2.45) is 5.92 Å². The predicted octanol–water partition coefficient (Wildman–Crippen LogP) is 1.88. The van der Waals surface area contributed by atoms with Gasteiger partial charge in [-0.15, -0.1) is 0 Å². The van der Waals surface area contributed by atoms with Gasteiger partial charge in [0.15, 0.2) is 0 Å². The molecule has 120 valence electrons. The van der Waals surface area contributed by atoms with Crippen LogP contribution in [-0.4, -0.2) is 47.0 Å². The summed E-state index contributed by atoms with van der Waals surface area (Å²) in [6.45, 7) is 6.21. The Balaban J connectivity index is 1.91. The van der Waals surface area contributed by atoms with Gasteiger partial charge in [-0.1, -0.05) is 13.8 Å². The van der Waals surface area contributed by atoms with Crippen molar-refractivity contribution in [2.45, 2.75) is 45.7 Å². The van der Waals surface area contributed by atoms with Crippen LogP contribution in [-0.2, 0) is 11.3 Å². The summed E-state index contributed by atoms with van der Waals surface area (Å²) in [6, 6.07) is 0.394. The molecule has 0 atom stereocenters. The highest BCUT2D eigenvalue weighted by Crippen LogP contribution is 2.32. The quantitative estimate of drug-likeness (QED) is 0.920. The minimum atomic E-state index is 0.194. The lowest BCUT2D eigenvalue weighted by atomic mass is 9.91. The first-order valence-corrected chi connectivity index (χ1v) is 8.14. The molecule has 0 bridgehead atoms. The molecule has 1 amide bonds. The van der Waals surface area contributed by atoms with E-state index in [2.05, 4.69) is 29.1 Å². The SMILES string of the molecule is CC(C)CNc1ncnc2c1CN(C1CCC1)C(=O)CN2C. The molecule has 0 spiro atoms. The average Bonchev–Trinajstić information content (AvgIpc) is 2.53. The maximum absolute atomic E-state index is 12.5. The van der Waals surface area contributed by atoms with Gasteiger partial charge in [-0.25, -0.2) is 9.97 Å². The molecule has 2 heterocycles. The van der Waals surface area contributed by atoms with Crippen molar-refractivity contribution >= 4 is 17.5 Å². The van der Waals surface area contributed by atoms with Crippen molar-refractivity contribution in [3.63, 3.8) is 0 Å². The molecule has 3 rings (SSSR count). The zero-order chi connectivity index (χ0) is 15.7. The van der Waals surface area contributed by atoms with E-state index in [-0.39, 0.29) is 5.91 Å². The molecule has 1 fully saturated rings. The summed E-state index contributed by atoms with van der Waals surface area (Å²) in [6.07, 6.45) is 5.04. The van der Waals surface area contributed by atoms with Gasteiger partial charge in [-0.2, -0.15) is 0 Å². The zero-order valence-corrected chi connectivity index (χ0v) is 13.7. The molecule has 22 heavy (non-hydrogen) atoms. The molecular weight excluding hydrogens is 278 g/mol. The molecule has 0 unspecified atom stereocenters. The van der Waals surface area contributed by atoms with Gasteiger partial charge < -0.3 is 15.1 Å². The summed E-state index contributed by atoms with van der Waals surface area (Å²) >= 11 is 0. The van der Waals surface area contributed by atoms with Crippen molar-refractivity contribution in [2.75, 3.05) is 30.4 Å². The Kier molecular flexibility index (Phi) is 4.18. The fourth-order valence-electron chi connectivity index (χ4n) is 2.99. The first-order chi connectivity index (χ1) is 10.6. The number of amides is 1. The van der Waals surface area contributed by atoms with E-state index < -0.39 is 0 Å². The number of fused-ring (bicyclic) bond motifs is 1. The Hall–Kier alpha value is -1.85. The van der Waals surface area contributed by atoms with E-state index in [4.69, 9.17) is 0 Å². The maximum Gasteiger partial charge on any atom is 0.242 e. The van der Waals surface area contributed by atoms with Crippen LogP contribution < -0.4 is 10.2 Å². The third kappa shape index (κ3) is 2.87. The van der Waals surface area contributed by atoms with Gasteiger partial charge in [-0.05, 0) is 25.2 Å². The van der Waals surface area contributed by atoms with Crippen LogP contribution in [0.4, 0.5) is 11.6 Å². The van der Waals surface area contributed by atoms with E-state index in [1.807, 2.05) is 16.8 Å². The van der Waals surface area contributed by atoms with Gasteiger partial charge in [0.1, 0.15) is 18.0 Å². The lowest BCUT2D eigenvalue weighted by molar-refractivity contribution is -0.134. The Bertz CT molecular complexity index is 555. The third-order valence-electron chi connectivity index (χ3n) is 4.50. The third-order valence-corrected chi connectivity index (χ3v) is 4.50. The lowest BCUT2D eigenvalue weighted by Gasteiger charge is -2.37. The minimum Gasteiger partial charge on any atom is -0.369 e. The molecule has 0 aromatic carbocycles. The van der Waals surface area contributed by atoms with E-state index >= 15 is 0 Å². The highest BCUT2D eigenvalue weighted by Gasteiger charge is 2.33. The van der Waals surface area contributed by atoms with Gasteiger partial charge in [0, 0.05) is 19.6 Å². The first-order valence-electron chi connectivity index (χ1n) is 8.14. The fourth-order valence-corrected chi connectivity index (χ4v) is 2.99. The number of carbonyl (C=O) groups excluding carboxylic acids is 1. The highest BCUT2D eigenvalue weighted by atomic mass is 16.2. The van der Waals surface area contributed by atoms with Crippen LogP contribution in [0, 0.1) is 5.92 Å². The monoisotopic (exact) mass is 303 g/mol. The number of rotatable bonds is 4. The smallest absolute Gasteiger partial charge is 0.242 e. The molecular formula is C16H25N5O. The summed E-state index contributed by atoms with van der Waals surface area (Å²) in [5.41, 5.74) is 1.04. The average molecular weight is 303 g/mol. The van der Waals surface area contributed by atoms with Crippen LogP contribution >= 0.6 is 0 Å². The maximum atomic E-state index is 12.5. The van der Waals surface area contributed by atoms with Crippen LogP contribution in [0.5, 0.6) is 0 Å². The minimum absolute atomic E-state index is 0.194. The molecule has 0 saturated heterocycles. The van der Waals surface area contributed by atoms with E-state index in [0.29, 0.717) is 25.0 Å². The van der Waals surface area contributed by atoms with Crippen LogP contribution in [0.2, 0.25) is 0 Å². The Morgan fingerprint density at radius 3 is 2.73 bits per heavy atom. The number of aromatic nitrogens is 2. The molecule has 1 aromatic heterocycles. The van der Waals surface area contributed by atoms with Crippen molar-refractivity contribution in [1.82, 2.24) is 14.9 Å². The number of nitrogens with one attached hydrogen (secondary N) is 1. The first kappa shape index (κ1) is 15.1. The van der Waals surface area contributed by atoms with Gasteiger partial charge in [0.2, 0.25) is 5.91 Å². The highest BCUT2D eigenvalue weighted by molar-refractivity contribution is 5.84. The van der Waals surface area contributed by atoms with Crippen LogP contribution in [0.15, 0.2) is 6.33 Å². The number of anilines is 2. The number of carbonyl (C=O) groups is 1. The molecule has 1 aromatic rings. The predicted molar refractivity (Wildman–Crippen MR) is 86.8 cm³/mol. The summed E-state index contributed by atoms with van der Waals surface area (Å²) in [5.74, 6) is 2.47. The molecule has 1 aliphatic heterocycles. The van der Waals surface area contributed by atoms with Crippen molar-refractivity contribution in [3.8, 4) is 0 Å². The number of nitrogens with zero attached hydrogens (tertiary/aromatic N) is 4. The normalized spacial score (nSPS) is 19.0. The second-order valence-electron chi connectivity index (χ2n) is 6.76. The molecule has 6 heteroatoms. The summed E-state index contributed by atoms with van der Waals surface area (Å²) in [7, 11) is 1.93. The topological polar surface area (TPSA) is 61.4 Å². The summed E-state index contributed by atoms with van der Waals surface area (Å²) in [4.78, 5) is 25.3. The van der Waals surface area contributed by atoms with Gasteiger partial charge >= 0.3 is 0 Å². The fraction of sp³-hybridized carbons (Fsp3) is 0.688. The van der Waals surface area contributed by atoms with Crippen molar-refractivity contribution in [3.05, 3.63) is 11.9 Å². The summed E-state index contributed by atoms with van der Waals surface area (Å²) < 4.78 is 0. The Labute approximate surface area is 131 Å². The van der Waals surface area contributed by atoms with Crippen LogP contribution in [0.25, 0.3) is 0 Å².